The van der Waals surface area contributed by atoms with Crippen LogP contribution in [0, 0.1) is 0 Å². The number of rotatable bonds is 0. The Morgan fingerprint density at radius 1 is 0.900 bits per heavy atom. The first-order valence-electron chi connectivity index (χ1n) is 2.65. The van der Waals surface area contributed by atoms with Gasteiger partial charge in [0.1, 0.15) is 0 Å². The molecule has 0 atom stereocenters. The van der Waals surface area contributed by atoms with Crippen LogP contribution < -0.4 is 0 Å². The van der Waals surface area contributed by atoms with Crippen LogP contribution in [-0.2, 0) is 0 Å². The van der Waals surface area contributed by atoms with Crippen LogP contribution in [-0.4, -0.2) is 12.2 Å². The van der Waals surface area contributed by atoms with E-state index in [2.05, 4.69) is 0 Å². The van der Waals surface area contributed by atoms with Crippen molar-refractivity contribution in [3.05, 3.63) is 34.3 Å². The summed E-state index contributed by atoms with van der Waals surface area (Å²) >= 11 is 11.1. The van der Waals surface area contributed by atoms with E-state index in [-0.39, 0.29) is 0 Å². The highest BCUT2D eigenvalue weighted by Crippen LogP contribution is 2.12. The molecule has 10 heavy (non-hydrogen) atoms. The molecule has 1 N–H and O–H groups in total. The van der Waals surface area contributed by atoms with E-state index in [4.69, 9.17) is 28.3 Å². The normalized spacial score (nSPS) is 8.00. The first kappa shape index (κ1) is 9.76. The second kappa shape index (κ2) is 5.54. The third kappa shape index (κ3) is 3.72. The van der Waals surface area contributed by atoms with Gasteiger partial charge in [-0.15, -0.1) is 0 Å². The Balaban J connectivity index is 0.000000371. The van der Waals surface area contributed by atoms with Crippen molar-refractivity contribution in [2.45, 2.75) is 0 Å². The summed E-state index contributed by atoms with van der Waals surface area (Å²) in [7, 11) is 1.00. The zero-order valence-electron chi connectivity index (χ0n) is 5.51. The SMILES string of the molecule is CO.Clc1ccc(Cl)cc1. The van der Waals surface area contributed by atoms with Gasteiger partial charge in [0.05, 0.1) is 0 Å². The Morgan fingerprint density at radius 3 is 1.30 bits per heavy atom. The second-order valence-corrected chi connectivity index (χ2v) is 2.31. The predicted molar refractivity (Wildman–Crippen MR) is 44.6 cm³/mol. The molecule has 0 radical (unpaired) electrons. The minimum Gasteiger partial charge on any atom is -0.400 e. The maximum atomic E-state index is 7.00. The zero-order chi connectivity index (χ0) is 7.98. The van der Waals surface area contributed by atoms with Gasteiger partial charge in [-0.2, -0.15) is 0 Å². The minimum absolute atomic E-state index is 0.717. The maximum Gasteiger partial charge on any atom is 0.0407 e. The van der Waals surface area contributed by atoms with E-state index >= 15 is 0 Å². The van der Waals surface area contributed by atoms with Gasteiger partial charge in [-0.3, -0.25) is 0 Å². The van der Waals surface area contributed by atoms with Gasteiger partial charge in [-0.25, -0.2) is 0 Å². The summed E-state index contributed by atoms with van der Waals surface area (Å²) in [6.45, 7) is 0. The molecule has 0 unspecified atom stereocenters. The van der Waals surface area contributed by atoms with Gasteiger partial charge in [0.15, 0.2) is 0 Å². The van der Waals surface area contributed by atoms with E-state index in [0.717, 1.165) is 17.2 Å². The molecule has 0 bridgehead atoms. The first-order chi connectivity index (χ1) is 4.79. The van der Waals surface area contributed by atoms with E-state index in [9.17, 15) is 0 Å². The maximum absolute atomic E-state index is 7.00. The van der Waals surface area contributed by atoms with E-state index in [1.165, 1.54) is 0 Å². The van der Waals surface area contributed by atoms with Gasteiger partial charge in [-0.1, -0.05) is 23.2 Å². The molecule has 0 saturated carbocycles. The highest BCUT2D eigenvalue weighted by Gasteiger charge is 1.83. The lowest BCUT2D eigenvalue weighted by Gasteiger charge is -1.86. The molecule has 0 saturated heterocycles. The van der Waals surface area contributed by atoms with Crippen molar-refractivity contribution in [1.29, 1.82) is 0 Å². The average Bonchev–Trinajstić information content (AvgIpc) is 2.00. The number of aliphatic hydroxyl groups is 1. The Kier molecular flexibility index (Phi) is 5.40. The standard InChI is InChI=1S/C6H4Cl2.CH4O/c7-5-1-2-6(8)4-3-5;1-2/h1-4H;2H,1H3. The van der Waals surface area contributed by atoms with Crippen molar-refractivity contribution in [2.24, 2.45) is 0 Å². The van der Waals surface area contributed by atoms with Gasteiger partial charge in [0, 0.05) is 17.2 Å². The number of hydrogen-bond donors (Lipinski definition) is 1. The second-order valence-electron chi connectivity index (χ2n) is 1.44. The average molecular weight is 179 g/mol. The fourth-order valence-electron chi connectivity index (χ4n) is 0.430. The fourth-order valence-corrected chi connectivity index (χ4v) is 0.682. The molecule has 0 spiro atoms. The Bertz CT molecular complexity index is 150. The van der Waals surface area contributed by atoms with Crippen LogP contribution in [0.5, 0.6) is 0 Å². The molecule has 1 aromatic carbocycles. The molecule has 3 heteroatoms. The van der Waals surface area contributed by atoms with Crippen LogP contribution in [0.15, 0.2) is 24.3 Å². The minimum atomic E-state index is 0.717. The lowest BCUT2D eigenvalue weighted by molar-refractivity contribution is 0.399. The lowest BCUT2D eigenvalue weighted by Crippen LogP contribution is -1.60. The smallest absolute Gasteiger partial charge is 0.0407 e. The molecular weight excluding hydrogens is 171 g/mol. The van der Waals surface area contributed by atoms with E-state index in [0.29, 0.717) is 0 Å². The molecular formula is C7H8Cl2O. The summed E-state index contributed by atoms with van der Waals surface area (Å²) in [5.74, 6) is 0. The first-order valence-corrected chi connectivity index (χ1v) is 3.40. The van der Waals surface area contributed by atoms with Crippen LogP contribution in [0.3, 0.4) is 0 Å². The molecule has 1 rings (SSSR count). The van der Waals surface area contributed by atoms with E-state index < -0.39 is 0 Å². The lowest BCUT2D eigenvalue weighted by atomic mass is 10.4. The third-order valence-corrected chi connectivity index (χ3v) is 1.31. The quantitative estimate of drug-likeness (QED) is 0.648. The van der Waals surface area contributed by atoms with Gasteiger partial charge < -0.3 is 5.11 Å². The molecule has 56 valence electrons. The van der Waals surface area contributed by atoms with Crippen LogP contribution in [0.25, 0.3) is 0 Å². The van der Waals surface area contributed by atoms with Gasteiger partial charge in [-0.05, 0) is 24.3 Å². The van der Waals surface area contributed by atoms with Crippen molar-refractivity contribution < 1.29 is 5.11 Å². The van der Waals surface area contributed by atoms with Gasteiger partial charge in [0.25, 0.3) is 0 Å². The monoisotopic (exact) mass is 178 g/mol. The third-order valence-electron chi connectivity index (χ3n) is 0.804. The van der Waals surface area contributed by atoms with Crippen LogP contribution >= 0.6 is 23.2 Å². The molecule has 0 heterocycles. The molecule has 0 aliphatic rings. The van der Waals surface area contributed by atoms with Crippen LogP contribution in [0.2, 0.25) is 10.0 Å². The fraction of sp³-hybridized carbons (Fsp3) is 0.143. The summed E-state index contributed by atoms with van der Waals surface area (Å²) in [5.41, 5.74) is 0. The van der Waals surface area contributed by atoms with E-state index in [1.54, 1.807) is 24.3 Å². The molecule has 1 aromatic rings. The van der Waals surface area contributed by atoms with Gasteiger partial charge in [0.2, 0.25) is 0 Å². The summed E-state index contributed by atoms with van der Waals surface area (Å²) in [5, 5.41) is 8.43. The number of aliphatic hydroxyl groups excluding tert-OH is 1. The number of hydrogen-bond acceptors (Lipinski definition) is 1. The van der Waals surface area contributed by atoms with Crippen molar-refractivity contribution in [3.63, 3.8) is 0 Å². The molecule has 0 aliphatic heterocycles. The van der Waals surface area contributed by atoms with Crippen molar-refractivity contribution in [1.82, 2.24) is 0 Å². The largest absolute Gasteiger partial charge is 0.400 e. The van der Waals surface area contributed by atoms with E-state index in [1.807, 2.05) is 0 Å². The predicted octanol–water partition coefficient (Wildman–Crippen LogP) is 2.60. The number of benzene rings is 1. The van der Waals surface area contributed by atoms with Gasteiger partial charge >= 0.3 is 0 Å². The van der Waals surface area contributed by atoms with Crippen LogP contribution in [0.1, 0.15) is 0 Å². The highest BCUT2D eigenvalue weighted by atomic mass is 35.5. The number of halogens is 2. The zero-order valence-corrected chi connectivity index (χ0v) is 7.02. The summed E-state index contributed by atoms with van der Waals surface area (Å²) in [6.07, 6.45) is 0. The molecule has 1 nitrogen and oxygen atoms in total. The Hall–Kier alpha value is -0.240. The molecule has 0 aliphatic carbocycles. The summed E-state index contributed by atoms with van der Waals surface area (Å²) in [4.78, 5) is 0. The Morgan fingerprint density at radius 2 is 1.10 bits per heavy atom. The van der Waals surface area contributed by atoms with Crippen molar-refractivity contribution in [3.8, 4) is 0 Å². The molecule has 0 aromatic heterocycles. The Labute approximate surface area is 70.2 Å². The highest BCUT2D eigenvalue weighted by molar-refractivity contribution is 6.32. The molecule has 0 amide bonds. The van der Waals surface area contributed by atoms with Crippen molar-refractivity contribution in [2.75, 3.05) is 7.11 Å². The summed E-state index contributed by atoms with van der Waals surface area (Å²) < 4.78 is 0. The van der Waals surface area contributed by atoms with Crippen molar-refractivity contribution >= 4 is 23.2 Å². The summed E-state index contributed by atoms with van der Waals surface area (Å²) in [6, 6.07) is 7.02. The topological polar surface area (TPSA) is 20.2 Å². The molecule has 0 fully saturated rings. The van der Waals surface area contributed by atoms with Crippen LogP contribution in [0.4, 0.5) is 0 Å².